The van der Waals surface area contributed by atoms with E-state index in [0.717, 1.165) is 13.4 Å². The number of nitrogens with zero attached hydrogens (tertiary/aromatic N) is 3. The molecule has 0 saturated heterocycles. The van der Waals surface area contributed by atoms with Crippen LogP contribution in [0.1, 0.15) is 5.56 Å². The summed E-state index contributed by atoms with van der Waals surface area (Å²) in [7, 11) is 2.38. The van der Waals surface area contributed by atoms with Crippen LogP contribution >= 0.6 is 0 Å². The highest BCUT2D eigenvalue weighted by molar-refractivity contribution is 6.47. The number of methoxy groups -OCH3 is 1. The van der Waals surface area contributed by atoms with Crippen molar-refractivity contribution in [2.24, 2.45) is 5.16 Å². The third kappa shape index (κ3) is 4.03. The molecule has 23 heavy (non-hydrogen) atoms. The van der Waals surface area contributed by atoms with Crippen LogP contribution in [-0.4, -0.2) is 42.1 Å². The number of hydrogen-bond donors (Lipinski definition) is 1. The number of ether oxygens (including phenoxy) is 2. The van der Waals surface area contributed by atoms with Gasteiger partial charge in [0.25, 0.3) is 5.91 Å². The Hall–Kier alpha value is -3.43. The maximum atomic E-state index is 12.1. The molecule has 0 unspecified atom stereocenters. The van der Waals surface area contributed by atoms with Gasteiger partial charge in [0.2, 0.25) is 0 Å². The topological polar surface area (TPSA) is 125 Å². The summed E-state index contributed by atoms with van der Waals surface area (Å²) in [6.07, 6.45) is 0.100. The van der Waals surface area contributed by atoms with E-state index in [1.165, 1.54) is 7.11 Å². The number of imide groups is 1. The number of carbonyl (C=O) groups is 2. The van der Waals surface area contributed by atoms with Crippen molar-refractivity contribution >= 4 is 17.7 Å². The van der Waals surface area contributed by atoms with Gasteiger partial charge in [0.05, 0.1) is 12.7 Å². The molecule has 0 bridgehead atoms. The van der Waals surface area contributed by atoms with Crippen LogP contribution in [0.2, 0.25) is 0 Å². The highest BCUT2D eigenvalue weighted by Gasteiger charge is 2.22. The number of alkyl carbamates (subject to hydrolysis) is 1. The Kier molecular flexibility index (Phi) is 5.23. The van der Waals surface area contributed by atoms with E-state index < -0.39 is 12.0 Å². The zero-order chi connectivity index (χ0) is 16.7. The first-order chi connectivity index (χ1) is 11.2. The number of carbonyl (C=O) groups excluding carboxylic acids is 2. The second-order valence-electron chi connectivity index (χ2n) is 3.87. The van der Waals surface area contributed by atoms with Crippen molar-refractivity contribution in [2.45, 2.75) is 0 Å². The fourth-order valence-electron chi connectivity index (χ4n) is 1.56. The Morgan fingerprint density at radius 3 is 2.70 bits per heavy atom. The SMILES string of the molecule is CO/N=C(/C(=O)NC(=O)OC)c1ccccc1Oc1ncno1. The second-order valence-corrected chi connectivity index (χ2v) is 3.87. The molecule has 0 aliphatic carbocycles. The number of amides is 2. The van der Waals surface area contributed by atoms with Crippen molar-refractivity contribution in [3.63, 3.8) is 0 Å². The normalized spacial score (nSPS) is 10.8. The monoisotopic (exact) mass is 320 g/mol. The first-order valence-electron chi connectivity index (χ1n) is 6.20. The molecule has 0 radical (unpaired) electrons. The smallest absolute Gasteiger partial charge is 0.422 e. The summed E-state index contributed by atoms with van der Waals surface area (Å²) >= 11 is 0. The molecule has 2 rings (SSSR count). The lowest BCUT2D eigenvalue weighted by atomic mass is 10.1. The van der Waals surface area contributed by atoms with E-state index >= 15 is 0 Å². The number of oxime groups is 1. The van der Waals surface area contributed by atoms with Gasteiger partial charge in [-0.15, -0.1) is 0 Å². The predicted molar refractivity (Wildman–Crippen MR) is 74.9 cm³/mol. The standard InChI is InChI=1S/C13H12N4O6/c1-20-12(19)16-11(18)10(17-21-2)8-5-3-4-6-9(8)22-13-14-7-15-23-13/h3-7H,1-2H3,(H,16,18,19)/b17-10+. The molecule has 0 aliphatic rings. The summed E-state index contributed by atoms with van der Waals surface area (Å²) in [5, 5.41) is 9.01. The van der Waals surface area contributed by atoms with E-state index in [0.29, 0.717) is 0 Å². The number of benzene rings is 1. The van der Waals surface area contributed by atoms with Crippen molar-refractivity contribution in [1.82, 2.24) is 15.5 Å². The summed E-state index contributed by atoms with van der Waals surface area (Å²) in [6, 6.07) is 6.40. The van der Waals surface area contributed by atoms with Gasteiger partial charge in [0, 0.05) is 0 Å². The fourth-order valence-corrected chi connectivity index (χ4v) is 1.56. The largest absolute Gasteiger partial charge is 0.453 e. The van der Waals surface area contributed by atoms with Crippen LogP contribution in [0.15, 0.2) is 40.3 Å². The molecule has 1 N–H and O–H groups in total. The summed E-state index contributed by atoms with van der Waals surface area (Å²) < 4.78 is 14.5. The van der Waals surface area contributed by atoms with Crippen molar-refractivity contribution in [3.05, 3.63) is 36.2 Å². The fraction of sp³-hybridized carbons (Fsp3) is 0.154. The van der Waals surface area contributed by atoms with Gasteiger partial charge in [-0.05, 0) is 12.1 Å². The van der Waals surface area contributed by atoms with E-state index in [4.69, 9.17) is 9.26 Å². The summed E-state index contributed by atoms with van der Waals surface area (Å²) in [5.41, 5.74) is 0.0435. The molecule has 2 amide bonds. The van der Waals surface area contributed by atoms with Gasteiger partial charge in [-0.3, -0.25) is 14.6 Å². The van der Waals surface area contributed by atoms with Crippen LogP contribution in [0.25, 0.3) is 0 Å². The maximum Gasteiger partial charge on any atom is 0.422 e. The molecular formula is C13H12N4O6. The van der Waals surface area contributed by atoms with Crippen molar-refractivity contribution in [1.29, 1.82) is 0 Å². The molecular weight excluding hydrogens is 308 g/mol. The van der Waals surface area contributed by atoms with Gasteiger partial charge in [-0.1, -0.05) is 22.4 Å². The molecule has 1 aromatic carbocycles. The Morgan fingerprint density at radius 1 is 1.26 bits per heavy atom. The lowest BCUT2D eigenvalue weighted by molar-refractivity contribution is -0.114. The number of para-hydroxylation sites is 1. The van der Waals surface area contributed by atoms with Crippen LogP contribution in [0, 0.1) is 0 Å². The second kappa shape index (κ2) is 7.54. The van der Waals surface area contributed by atoms with Crippen molar-refractivity contribution in [3.8, 4) is 11.8 Å². The molecule has 0 aliphatic heterocycles. The van der Waals surface area contributed by atoms with Gasteiger partial charge in [0.1, 0.15) is 12.9 Å². The molecule has 10 nitrogen and oxygen atoms in total. The highest BCUT2D eigenvalue weighted by atomic mass is 16.6. The maximum absolute atomic E-state index is 12.1. The summed E-state index contributed by atoms with van der Waals surface area (Å²) in [5.74, 6) is -0.632. The summed E-state index contributed by atoms with van der Waals surface area (Å²) in [6.45, 7) is 0. The van der Waals surface area contributed by atoms with Gasteiger partial charge in [-0.25, -0.2) is 4.79 Å². The first kappa shape index (κ1) is 15.9. The number of nitrogens with one attached hydrogen (secondary N) is 1. The van der Waals surface area contributed by atoms with E-state index in [1.54, 1.807) is 24.3 Å². The third-order valence-electron chi connectivity index (χ3n) is 2.48. The molecule has 0 fully saturated rings. The van der Waals surface area contributed by atoms with E-state index in [-0.39, 0.29) is 23.1 Å². The van der Waals surface area contributed by atoms with Crippen molar-refractivity contribution < 1.29 is 28.4 Å². The minimum atomic E-state index is -0.936. The minimum Gasteiger partial charge on any atom is -0.453 e. The first-order valence-corrected chi connectivity index (χ1v) is 6.20. The van der Waals surface area contributed by atoms with E-state index in [2.05, 4.69) is 24.9 Å². The zero-order valence-electron chi connectivity index (χ0n) is 12.2. The van der Waals surface area contributed by atoms with E-state index in [9.17, 15) is 9.59 Å². The van der Waals surface area contributed by atoms with Gasteiger partial charge < -0.3 is 14.3 Å². The third-order valence-corrected chi connectivity index (χ3v) is 2.48. The average molecular weight is 320 g/mol. The Balaban J connectivity index is 2.34. The number of rotatable bonds is 5. The lowest BCUT2D eigenvalue weighted by Crippen LogP contribution is -2.36. The molecule has 120 valence electrons. The molecule has 0 spiro atoms. The average Bonchev–Trinajstić information content (AvgIpc) is 3.06. The number of hydrogen-bond acceptors (Lipinski definition) is 9. The molecule has 0 saturated carbocycles. The van der Waals surface area contributed by atoms with Crippen LogP contribution in [-0.2, 0) is 14.4 Å². The predicted octanol–water partition coefficient (Wildman–Crippen LogP) is 1.09. The molecule has 10 heteroatoms. The zero-order valence-corrected chi connectivity index (χ0v) is 12.2. The van der Waals surface area contributed by atoms with Crippen LogP contribution in [0.4, 0.5) is 4.79 Å². The lowest BCUT2D eigenvalue weighted by Gasteiger charge is -2.10. The van der Waals surface area contributed by atoms with Crippen LogP contribution < -0.4 is 10.1 Å². The highest BCUT2D eigenvalue weighted by Crippen LogP contribution is 2.24. The molecule has 2 aromatic rings. The quantitative estimate of drug-likeness (QED) is 0.641. The number of aromatic nitrogens is 2. The molecule has 1 aromatic heterocycles. The van der Waals surface area contributed by atoms with Gasteiger partial charge in [-0.2, -0.15) is 4.98 Å². The van der Waals surface area contributed by atoms with Crippen molar-refractivity contribution in [2.75, 3.05) is 14.2 Å². The van der Waals surface area contributed by atoms with Gasteiger partial charge >= 0.3 is 12.2 Å². The summed E-state index contributed by atoms with van der Waals surface area (Å²) in [4.78, 5) is 31.7. The minimum absolute atomic E-state index is 0.123. The van der Waals surface area contributed by atoms with Crippen LogP contribution in [0.5, 0.6) is 11.8 Å². The Labute approximate surface area is 130 Å². The van der Waals surface area contributed by atoms with E-state index in [1.807, 2.05) is 5.32 Å². The van der Waals surface area contributed by atoms with Gasteiger partial charge in [0.15, 0.2) is 12.0 Å². The molecule has 0 atom stereocenters. The molecule has 1 heterocycles. The van der Waals surface area contributed by atoms with Crippen LogP contribution in [0.3, 0.4) is 0 Å². The Morgan fingerprint density at radius 2 is 2.04 bits per heavy atom. The Bertz CT molecular complexity index is 713.